The van der Waals surface area contributed by atoms with Crippen molar-refractivity contribution in [2.45, 2.75) is 6.92 Å². The van der Waals surface area contributed by atoms with Crippen molar-refractivity contribution in [3.05, 3.63) is 24.1 Å². The first-order chi connectivity index (χ1) is 7.20. The smallest absolute Gasteiger partial charge is 0.192 e. The zero-order valence-electron chi connectivity index (χ0n) is 8.73. The van der Waals surface area contributed by atoms with Gasteiger partial charge in [-0.15, -0.1) is 0 Å². The Kier molecular flexibility index (Phi) is 2.41. The van der Waals surface area contributed by atoms with Crippen molar-refractivity contribution in [3.63, 3.8) is 0 Å². The average molecular weight is 204 g/mol. The van der Waals surface area contributed by atoms with Crippen LogP contribution in [0.25, 0.3) is 11.1 Å². The third-order valence-corrected chi connectivity index (χ3v) is 2.27. The molecule has 4 nitrogen and oxygen atoms in total. The van der Waals surface area contributed by atoms with Gasteiger partial charge in [-0.1, -0.05) is 0 Å². The molecule has 1 heterocycles. The van der Waals surface area contributed by atoms with Crippen LogP contribution in [0.4, 0.5) is 5.69 Å². The largest absolute Gasteiger partial charge is 0.441 e. The number of nitrogens with zero attached hydrogens (tertiary/aromatic N) is 2. The lowest BCUT2D eigenvalue weighted by Crippen LogP contribution is -2.18. The molecule has 0 bridgehead atoms. The lowest BCUT2D eigenvalue weighted by Gasteiger charge is -2.14. The van der Waals surface area contributed by atoms with Crippen LogP contribution in [0.15, 0.2) is 22.6 Å². The van der Waals surface area contributed by atoms with Gasteiger partial charge in [-0.25, -0.2) is 4.98 Å². The minimum atomic E-state index is 0.374. The van der Waals surface area contributed by atoms with Crippen molar-refractivity contribution in [2.75, 3.05) is 18.5 Å². The fourth-order valence-electron chi connectivity index (χ4n) is 1.48. The molecule has 0 spiro atoms. The molecular weight excluding hydrogens is 192 g/mol. The summed E-state index contributed by atoms with van der Waals surface area (Å²) in [7, 11) is 1.86. The Morgan fingerprint density at radius 3 is 3.07 bits per heavy atom. The van der Waals surface area contributed by atoms with E-state index < -0.39 is 0 Å². The van der Waals surface area contributed by atoms with Gasteiger partial charge in [0.05, 0.1) is 6.54 Å². The molecule has 2 aromatic rings. The first kappa shape index (κ1) is 9.71. The van der Waals surface area contributed by atoms with E-state index in [0.29, 0.717) is 12.4 Å². The molecule has 0 N–H and O–H groups in total. The highest BCUT2D eigenvalue weighted by molar-refractivity contribution is 5.78. The van der Waals surface area contributed by atoms with Gasteiger partial charge in [0, 0.05) is 25.7 Å². The van der Waals surface area contributed by atoms with Crippen LogP contribution in [-0.4, -0.2) is 24.9 Å². The molecule has 0 saturated heterocycles. The summed E-state index contributed by atoms with van der Waals surface area (Å²) in [6.07, 6.45) is 0.871. The summed E-state index contributed by atoms with van der Waals surface area (Å²) in [5, 5.41) is 0. The molecule has 0 unspecified atom stereocenters. The molecular formula is C11H12N2O2. The Morgan fingerprint density at radius 2 is 2.33 bits per heavy atom. The van der Waals surface area contributed by atoms with Crippen LogP contribution in [-0.2, 0) is 4.79 Å². The Labute approximate surface area is 87.5 Å². The summed E-state index contributed by atoms with van der Waals surface area (Å²) >= 11 is 0. The van der Waals surface area contributed by atoms with Gasteiger partial charge in [-0.2, -0.15) is 0 Å². The first-order valence-electron chi connectivity index (χ1n) is 4.72. The van der Waals surface area contributed by atoms with E-state index in [-0.39, 0.29) is 0 Å². The van der Waals surface area contributed by atoms with Gasteiger partial charge in [-0.3, -0.25) is 0 Å². The number of benzene rings is 1. The van der Waals surface area contributed by atoms with E-state index in [4.69, 9.17) is 4.42 Å². The lowest BCUT2D eigenvalue weighted by molar-refractivity contribution is -0.106. The number of rotatable bonds is 3. The van der Waals surface area contributed by atoms with Crippen molar-refractivity contribution in [1.29, 1.82) is 0 Å². The number of aldehydes is 1. The van der Waals surface area contributed by atoms with Crippen LogP contribution in [0, 0.1) is 6.92 Å². The summed E-state index contributed by atoms with van der Waals surface area (Å²) in [6.45, 7) is 2.19. The quantitative estimate of drug-likeness (QED) is 0.715. The highest BCUT2D eigenvalue weighted by atomic mass is 16.3. The Balaban J connectivity index is 2.41. The maximum absolute atomic E-state index is 10.4. The Hall–Kier alpha value is -1.84. The second-order valence-electron chi connectivity index (χ2n) is 3.43. The molecule has 0 amide bonds. The zero-order valence-corrected chi connectivity index (χ0v) is 8.73. The third kappa shape index (κ3) is 1.83. The van der Waals surface area contributed by atoms with Crippen LogP contribution < -0.4 is 4.90 Å². The molecule has 0 atom stereocenters. The lowest BCUT2D eigenvalue weighted by atomic mass is 10.2. The van der Waals surface area contributed by atoms with Crippen LogP contribution >= 0.6 is 0 Å². The van der Waals surface area contributed by atoms with Gasteiger partial charge < -0.3 is 14.1 Å². The van der Waals surface area contributed by atoms with Crippen LogP contribution in [0.2, 0.25) is 0 Å². The van der Waals surface area contributed by atoms with E-state index in [9.17, 15) is 4.79 Å². The molecule has 0 radical (unpaired) electrons. The summed E-state index contributed by atoms with van der Waals surface area (Å²) in [4.78, 5) is 16.4. The number of carbonyl (C=O) groups is 1. The molecule has 1 aromatic heterocycles. The molecule has 0 aliphatic heterocycles. The van der Waals surface area contributed by atoms with Crippen molar-refractivity contribution >= 4 is 23.1 Å². The standard InChI is InChI=1S/C11H12N2O2/c1-8-12-10-4-3-9(7-11(10)15-8)13(2)5-6-14/h3-4,6-7H,5H2,1-2H3. The second-order valence-corrected chi connectivity index (χ2v) is 3.43. The monoisotopic (exact) mass is 204 g/mol. The van der Waals surface area contributed by atoms with Crippen molar-refractivity contribution in [2.24, 2.45) is 0 Å². The van der Waals surface area contributed by atoms with E-state index in [1.54, 1.807) is 0 Å². The molecule has 2 rings (SSSR count). The summed E-state index contributed by atoms with van der Waals surface area (Å²) in [5.74, 6) is 0.653. The normalized spacial score (nSPS) is 10.5. The van der Waals surface area contributed by atoms with Gasteiger partial charge in [0.1, 0.15) is 11.8 Å². The SMILES string of the molecule is Cc1nc2ccc(N(C)CC=O)cc2o1. The molecule has 78 valence electrons. The molecule has 0 saturated carbocycles. The van der Waals surface area contributed by atoms with E-state index in [2.05, 4.69) is 4.98 Å². The minimum Gasteiger partial charge on any atom is -0.441 e. The topological polar surface area (TPSA) is 46.3 Å². The highest BCUT2D eigenvalue weighted by Gasteiger charge is 2.05. The third-order valence-electron chi connectivity index (χ3n) is 2.27. The molecule has 15 heavy (non-hydrogen) atoms. The fourth-order valence-corrected chi connectivity index (χ4v) is 1.48. The number of hydrogen-bond acceptors (Lipinski definition) is 4. The number of fused-ring (bicyclic) bond motifs is 1. The van der Waals surface area contributed by atoms with E-state index in [0.717, 1.165) is 23.1 Å². The molecule has 0 aliphatic rings. The predicted octanol–water partition coefficient (Wildman–Crippen LogP) is 1.77. The van der Waals surface area contributed by atoms with E-state index in [1.807, 2.05) is 37.1 Å². The number of likely N-dealkylation sites (N-methyl/N-ethyl adjacent to an activating group) is 1. The summed E-state index contributed by atoms with van der Waals surface area (Å²) in [6, 6.07) is 5.70. The Bertz CT molecular complexity index is 490. The van der Waals surface area contributed by atoms with Gasteiger partial charge in [0.15, 0.2) is 11.5 Å². The number of aromatic nitrogens is 1. The number of anilines is 1. The summed E-state index contributed by atoms with van der Waals surface area (Å²) in [5.41, 5.74) is 2.55. The molecule has 0 fully saturated rings. The number of aryl methyl sites for hydroxylation is 1. The maximum atomic E-state index is 10.4. The second kappa shape index (κ2) is 3.73. The molecule has 4 heteroatoms. The van der Waals surface area contributed by atoms with Crippen molar-refractivity contribution in [3.8, 4) is 0 Å². The van der Waals surface area contributed by atoms with E-state index in [1.165, 1.54) is 0 Å². The highest BCUT2D eigenvalue weighted by Crippen LogP contribution is 2.21. The maximum Gasteiger partial charge on any atom is 0.192 e. The predicted molar refractivity (Wildman–Crippen MR) is 58.1 cm³/mol. The fraction of sp³-hybridized carbons (Fsp3) is 0.273. The van der Waals surface area contributed by atoms with Crippen molar-refractivity contribution in [1.82, 2.24) is 4.98 Å². The minimum absolute atomic E-state index is 0.374. The van der Waals surface area contributed by atoms with Crippen LogP contribution in [0.1, 0.15) is 5.89 Å². The number of carbonyl (C=O) groups excluding carboxylic acids is 1. The molecule has 1 aromatic carbocycles. The first-order valence-corrected chi connectivity index (χ1v) is 4.72. The van der Waals surface area contributed by atoms with E-state index >= 15 is 0 Å². The van der Waals surface area contributed by atoms with Crippen LogP contribution in [0.5, 0.6) is 0 Å². The van der Waals surface area contributed by atoms with Gasteiger partial charge in [0.25, 0.3) is 0 Å². The van der Waals surface area contributed by atoms with Gasteiger partial charge >= 0.3 is 0 Å². The zero-order chi connectivity index (χ0) is 10.8. The molecule has 0 aliphatic carbocycles. The number of oxazole rings is 1. The van der Waals surface area contributed by atoms with Gasteiger partial charge in [0.2, 0.25) is 0 Å². The number of hydrogen-bond donors (Lipinski definition) is 0. The van der Waals surface area contributed by atoms with Gasteiger partial charge in [-0.05, 0) is 12.1 Å². The summed E-state index contributed by atoms with van der Waals surface area (Å²) < 4.78 is 5.41. The Morgan fingerprint density at radius 1 is 1.53 bits per heavy atom. The van der Waals surface area contributed by atoms with Crippen molar-refractivity contribution < 1.29 is 9.21 Å². The van der Waals surface area contributed by atoms with Crippen LogP contribution in [0.3, 0.4) is 0 Å². The average Bonchev–Trinajstić information content (AvgIpc) is 2.57.